The molecule has 0 saturated carbocycles. The molecule has 0 unspecified atom stereocenters. The predicted molar refractivity (Wildman–Crippen MR) is 64.6 cm³/mol. The van der Waals surface area contributed by atoms with Gasteiger partial charge >= 0.3 is 0 Å². The number of hydrogen-bond acceptors (Lipinski definition) is 2. The van der Waals surface area contributed by atoms with Gasteiger partial charge in [-0.3, -0.25) is 4.90 Å². The van der Waals surface area contributed by atoms with E-state index in [4.69, 9.17) is 0 Å². The molecule has 0 radical (unpaired) electrons. The molecule has 0 aliphatic carbocycles. The van der Waals surface area contributed by atoms with E-state index in [0.717, 1.165) is 26.2 Å². The highest BCUT2D eigenvalue weighted by Gasteiger charge is 2.18. The zero-order valence-corrected chi connectivity index (χ0v) is 9.84. The molecule has 0 rings (SSSR count). The first-order chi connectivity index (χ1) is 6.52. The maximum absolute atomic E-state index is 3.78. The van der Waals surface area contributed by atoms with E-state index in [2.05, 4.69) is 44.1 Å². The molecule has 0 atom stereocenters. The molecule has 2 heteroatoms. The van der Waals surface area contributed by atoms with Gasteiger partial charge in [0.15, 0.2) is 0 Å². The van der Waals surface area contributed by atoms with Crippen LogP contribution >= 0.6 is 0 Å². The maximum Gasteiger partial charge on any atom is 0.0166 e. The van der Waals surface area contributed by atoms with Gasteiger partial charge in [0.2, 0.25) is 0 Å². The van der Waals surface area contributed by atoms with Crippen LogP contribution < -0.4 is 5.32 Å². The molecule has 0 fully saturated rings. The van der Waals surface area contributed by atoms with Crippen molar-refractivity contribution in [3.05, 3.63) is 25.3 Å². The Hall–Kier alpha value is -0.600. The Bertz CT molecular complexity index is 168. The van der Waals surface area contributed by atoms with Gasteiger partial charge in [0, 0.05) is 31.7 Å². The molecule has 0 amide bonds. The topological polar surface area (TPSA) is 15.3 Å². The van der Waals surface area contributed by atoms with Crippen molar-refractivity contribution < 1.29 is 0 Å². The first kappa shape index (κ1) is 13.4. The lowest BCUT2D eigenvalue weighted by atomic mass is 10.1. The van der Waals surface area contributed by atoms with Crippen LogP contribution in [0.25, 0.3) is 0 Å². The van der Waals surface area contributed by atoms with Crippen LogP contribution in [0.3, 0.4) is 0 Å². The normalized spacial score (nSPS) is 11.7. The second-order valence-corrected chi connectivity index (χ2v) is 4.40. The predicted octanol–water partition coefficient (Wildman–Crippen LogP) is 2.05. The van der Waals surface area contributed by atoms with E-state index in [0.29, 0.717) is 0 Å². The highest BCUT2D eigenvalue weighted by Crippen LogP contribution is 2.11. The summed E-state index contributed by atoms with van der Waals surface area (Å²) in [5, 5.41) is 3.30. The minimum absolute atomic E-state index is 0.212. The van der Waals surface area contributed by atoms with Crippen LogP contribution in [0.15, 0.2) is 25.3 Å². The quantitative estimate of drug-likeness (QED) is 0.495. The SMILES string of the molecule is C=CCNCCN(CC=C)C(C)(C)C. The van der Waals surface area contributed by atoms with E-state index in [-0.39, 0.29) is 5.54 Å². The Kier molecular flexibility index (Phi) is 6.50. The molecule has 14 heavy (non-hydrogen) atoms. The lowest BCUT2D eigenvalue weighted by Gasteiger charge is -2.34. The molecule has 0 spiro atoms. The molecule has 82 valence electrons. The summed E-state index contributed by atoms with van der Waals surface area (Å²) in [5.41, 5.74) is 0.212. The molecule has 0 aromatic rings. The van der Waals surface area contributed by atoms with Crippen molar-refractivity contribution in [1.29, 1.82) is 0 Å². The lowest BCUT2D eigenvalue weighted by molar-refractivity contribution is 0.155. The minimum Gasteiger partial charge on any atom is -0.312 e. The van der Waals surface area contributed by atoms with Crippen LogP contribution in [-0.4, -0.2) is 36.6 Å². The molecule has 0 aliphatic rings. The number of nitrogens with zero attached hydrogens (tertiary/aromatic N) is 1. The van der Waals surface area contributed by atoms with Crippen molar-refractivity contribution in [3.8, 4) is 0 Å². The monoisotopic (exact) mass is 196 g/mol. The maximum atomic E-state index is 3.78. The molecule has 0 aromatic heterocycles. The van der Waals surface area contributed by atoms with Gasteiger partial charge in [-0.25, -0.2) is 0 Å². The van der Waals surface area contributed by atoms with E-state index in [1.165, 1.54) is 0 Å². The molecule has 0 bridgehead atoms. The summed E-state index contributed by atoms with van der Waals surface area (Å²) in [5.74, 6) is 0. The van der Waals surface area contributed by atoms with Crippen LogP contribution in [0.2, 0.25) is 0 Å². The van der Waals surface area contributed by atoms with Gasteiger partial charge in [0.1, 0.15) is 0 Å². The van der Waals surface area contributed by atoms with Crippen LogP contribution in [0.5, 0.6) is 0 Å². The Morgan fingerprint density at radius 1 is 1.21 bits per heavy atom. The minimum atomic E-state index is 0.212. The van der Waals surface area contributed by atoms with Gasteiger partial charge in [-0.2, -0.15) is 0 Å². The smallest absolute Gasteiger partial charge is 0.0166 e. The van der Waals surface area contributed by atoms with E-state index in [9.17, 15) is 0 Å². The second-order valence-electron chi connectivity index (χ2n) is 4.40. The Morgan fingerprint density at radius 2 is 1.86 bits per heavy atom. The Balaban J connectivity index is 3.85. The third-order valence-electron chi connectivity index (χ3n) is 2.15. The summed E-state index contributed by atoms with van der Waals surface area (Å²) in [6.07, 6.45) is 3.84. The molecular formula is C12H24N2. The van der Waals surface area contributed by atoms with Gasteiger partial charge < -0.3 is 5.32 Å². The van der Waals surface area contributed by atoms with E-state index < -0.39 is 0 Å². The highest BCUT2D eigenvalue weighted by atomic mass is 15.2. The number of nitrogens with one attached hydrogen (secondary N) is 1. The van der Waals surface area contributed by atoms with E-state index in [1.54, 1.807) is 0 Å². The van der Waals surface area contributed by atoms with Crippen molar-refractivity contribution >= 4 is 0 Å². The van der Waals surface area contributed by atoms with Crippen molar-refractivity contribution in [2.45, 2.75) is 26.3 Å². The molecule has 0 aromatic carbocycles. The standard InChI is InChI=1S/C12H24N2/c1-6-8-13-9-11-14(10-7-2)12(3,4)5/h6-7,13H,1-2,8-11H2,3-5H3. The average molecular weight is 196 g/mol. The fourth-order valence-corrected chi connectivity index (χ4v) is 1.27. The molecular weight excluding hydrogens is 172 g/mol. The first-order valence-corrected chi connectivity index (χ1v) is 5.20. The van der Waals surface area contributed by atoms with Crippen LogP contribution in [0, 0.1) is 0 Å². The van der Waals surface area contributed by atoms with Crippen molar-refractivity contribution in [1.82, 2.24) is 10.2 Å². The summed E-state index contributed by atoms with van der Waals surface area (Å²) < 4.78 is 0. The van der Waals surface area contributed by atoms with Gasteiger partial charge in [-0.1, -0.05) is 12.2 Å². The van der Waals surface area contributed by atoms with Gasteiger partial charge in [-0.15, -0.1) is 13.2 Å². The van der Waals surface area contributed by atoms with Gasteiger partial charge in [0.05, 0.1) is 0 Å². The van der Waals surface area contributed by atoms with Gasteiger partial charge in [-0.05, 0) is 20.8 Å². The lowest BCUT2D eigenvalue weighted by Crippen LogP contribution is -2.44. The van der Waals surface area contributed by atoms with Crippen molar-refractivity contribution in [2.24, 2.45) is 0 Å². The third kappa shape index (κ3) is 5.95. The molecule has 0 heterocycles. The van der Waals surface area contributed by atoms with E-state index in [1.807, 2.05) is 12.2 Å². The van der Waals surface area contributed by atoms with Gasteiger partial charge in [0.25, 0.3) is 0 Å². The molecule has 1 N–H and O–H groups in total. The van der Waals surface area contributed by atoms with Crippen molar-refractivity contribution in [2.75, 3.05) is 26.2 Å². The van der Waals surface area contributed by atoms with Crippen LogP contribution in [0.1, 0.15) is 20.8 Å². The first-order valence-electron chi connectivity index (χ1n) is 5.20. The highest BCUT2D eigenvalue weighted by molar-refractivity contribution is 4.83. The zero-order valence-electron chi connectivity index (χ0n) is 9.84. The van der Waals surface area contributed by atoms with Crippen molar-refractivity contribution in [3.63, 3.8) is 0 Å². The summed E-state index contributed by atoms with van der Waals surface area (Å²) in [4.78, 5) is 2.40. The molecule has 0 aliphatic heterocycles. The second kappa shape index (κ2) is 6.80. The largest absolute Gasteiger partial charge is 0.312 e. The molecule has 0 saturated heterocycles. The number of hydrogen-bond donors (Lipinski definition) is 1. The fraction of sp³-hybridized carbons (Fsp3) is 0.667. The Morgan fingerprint density at radius 3 is 2.29 bits per heavy atom. The summed E-state index contributed by atoms with van der Waals surface area (Å²) in [7, 11) is 0. The van der Waals surface area contributed by atoms with Crippen LogP contribution in [0.4, 0.5) is 0 Å². The summed E-state index contributed by atoms with van der Waals surface area (Å²) >= 11 is 0. The third-order valence-corrected chi connectivity index (χ3v) is 2.15. The fourth-order valence-electron chi connectivity index (χ4n) is 1.27. The van der Waals surface area contributed by atoms with E-state index >= 15 is 0 Å². The Labute approximate surface area is 88.7 Å². The summed E-state index contributed by atoms with van der Waals surface area (Å²) in [6.45, 7) is 18.0. The molecule has 2 nitrogen and oxygen atoms in total. The number of rotatable bonds is 7. The average Bonchev–Trinajstić information content (AvgIpc) is 2.08. The van der Waals surface area contributed by atoms with Crippen LogP contribution in [-0.2, 0) is 0 Å². The zero-order chi connectivity index (χ0) is 11.0. The summed E-state index contributed by atoms with van der Waals surface area (Å²) in [6, 6.07) is 0.